The normalized spacial score (nSPS) is 19.7. The summed E-state index contributed by atoms with van der Waals surface area (Å²) in [6.45, 7) is 15.2. The lowest BCUT2D eigenvalue weighted by Crippen LogP contribution is -2.50. The van der Waals surface area contributed by atoms with Crippen LogP contribution in [-0.4, -0.2) is 67.1 Å². The molecule has 0 spiro atoms. The fourth-order valence-corrected chi connectivity index (χ4v) is 2.73. The highest BCUT2D eigenvalue weighted by molar-refractivity contribution is 5.79. The molecule has 118 valence electrons. The molecule has 20 heavy (non-hydrogen) atoms. The van der Waals surface area contributed by atoms with Gasteiger partial charge in [0.25, 0.3) is 0 Å². The van der Waals surface area contributed by atoms with Crippen molar-refractivity contribution in [3.8, 4) is 0 Å². The third-order valence-corrected chi connectivity index (χ3v) is 3.70. The Kier molecular flexibility index (Phi) is 7.48. The van der Waals surface area contributed by atoms with Gasteiger partial charge < -0.3 is 20.9 Å². The lowest BCUT2D eigenvalue weighted by Gasteiger charge is -2.36. The average molecular weight is 284 g/mol. The summed E-state index contributed by atoms with van der Waals surface area (Å²) in [7, 11) is 0. The Hall–Kier alpha value is -0.650. The largest absolute Gasteiger partial charge is 0.368 e. The van der Waals surface area contributed by atoms with Crippen LogP contribution in [0, 0.1) is 5.92 Å². The molecular formula is C15H32N4O. The Morgan fingerprint density at radius 2 is 1.65 bits per heavy atom. The van der Waals surface area contributed by atoms with Gasteiger partial charge in [-0.2, -0.15) is 0 Å². The summed E-state index contributed by atoms with van der Waals surface area (Å²) >= 11 is 0. The van der Waals surface area contributed by atoms with Crippen LogP contribution in [0.4, 0.5) is 0 Å². The molecule has 0 aliphatic carbocycles. The number of carbonyl (C=O) groups excluding carboxylic acids is 1. The molecule has 1 saturated heterocycles. The number of carbonyl (C=O) groups is 1. The van der Waals surface area contributed by atoms with Gasteiger partial charge in [0.1, 0.15) is 0 Å². The predicted molar refractivity (Wildman–Crippen MR) is 83.6 cm³/mol. The summed E-state index contributed by atoms with van der Waals surface area (Å²) in [4.78, 5) is 16.4. The van der Waals surface area contributed by atoms with Gasteiger partial charge in [-0.15, -0.1) is 0 Å². The topological polar surface area (TPSA) is 61.6 Å². The predicted octanol–water partition coefficient (Wildman–Crippen LogP) is 0.502. The number of piperazine rings is 1. The van der Waals surface area contributed by atoms with Crippen LogP contribution >= 0.6 is 0 Å². The lowest BCUT2D eigenvalue weighted by atomic mass is 10.1. The van der Waals surface area contributed by atoms with Gasteiger partial charge in [0.15, 0.2) is 0 Å². The van der Waals surface area contributed by atoms with E-state index >= 15 is 0 Å². The van der Waals surface area contributed by atoms with Gasteiger partial charge in [-0.25, -0.2) is 0 Å². The molecule has 5 nitrogen and oxygen atoms in total. The van der Waals surface area contributed by atoms with Crippen LogP contribution in [0.25, 0.3) is 0 Å². The molecule has 0 aromatic carbocycles. The third kappa shape index (κ3) is 6.68. The molecule has 1 unspecified atom stereocenters. The number of hydrogen-bond acceptors (Lipinski definition) is 4. The van der Waals surface area contributed by atoms with E-state index in [-0.39, 0.29) is 18.0 Å². The SMILES string of the molecule is CC(C)CN1CCN(CCC(NC(C)C)C(N)=O)CC1. The van der Waals surface area contributed by atoms with Crippen molar-refractivity contribution in [3.05, 3.63) is 0 Å². The van der Waals surface area contributed by atoms with Crippen molar-refractivity contribution in [1.29, 1.82) is 0 Å². The Bertz CT molecular complexity index is 286. The van der Waals surface area contributed by atoms with E-state index in [2.05, 4.69) is 29.0 Å². The van der Waals surface area contributed by atoms with Crippen molar-refractivity contribution >= 4 is 5.91 Å². The third-order valence-electron chi connectivity index (χ3n) is 3.70. The average Bonchev–Trinajstić information content (AvgIpc) is 2.34. The highest BCUT2D eigenvalue weighted by atomic mass is 16.1. The van der Waals surface area contributed by atoms with Gasteiger partial charge in [-0.05, 0) is 12.3 Å². The Morgan fingerprint density at radius 3 is 2.10 bits per heavy atom. The van der Waals surface area contributed by atoms with E-state index in [4.69, 9.17) is 5.73 Å². The van der Waals surface area contributed by atoms with Crippen LogP contribution in [-0.2, 0) is 4.79 Å². The second-order valence-electron chi connectivity index (χ2n) is 6.60. The van der Waals surface area contributed by atoms with Crippen molar-refractivity contribution in [2.75, 3.05) is 39.3 Å². The zero-order valence-corrected chi connectivity index (χ0v) is 13.6. The maximum Gasteiger partial charge on any atom is 0.234 e. The van der Waals surface area contributed by atoms with Gasteiger partial charge in [0.05, 0.1) is 6.04 Å². The van der Waals surface area contributed by atoms with Crippen LogP contribution in [0.2, 0.25) is 0 Å². The zero-order valence-electron chi connectivity index (χ0n) is 13.6. The minimum Gasteiger partial charge on any atom is -0.368 e. The first kappa shape index (κ1) is 17.4. The number of hydrogen-bond donors (Lipinski definition) is 2. The summed E-state index contributed by atoms with van der Waals surface area (Å²) in [6.07, 6.45) is 0.803. The minimum atomic E-state index is -0.239. The lowest BCUT2D eigenvalue weighted by molar-refractivity contribution is -0.120. The molecule has 0 saturated carbocycles. The fraction of sp³-hybridized carbons (Fsp3) is 0.933. The molecule has 5 heteroatoms. The van der Waals surface area contributed by atoms with E-state index < -0.39 is 0 Å². The summed E-state index contributed by atoms with van der Waals surface area (Å²) in [5.74, 6) is 0.494. The summed E-state index contributed by atoms with van der Waals surface area (Å²) < 4.78 is 0. The quantitative estimate of drug-likeness (QED) is 0.681. The summed E-state index contributed by atoms with van der Waals surface area (Å²) in [5.41, 5.74) is 5.45. The molecule has 1 rings (SSSR count). The van der Waals surface area contributed by atoms with Crippen molar-refractivity contribution in [3.63, 3.8) is 0 Å². The first-order valence-electron chi connectivity index (χ1n) is 7.88. The van der Waals surface area contributed by atoms with E-state index in [0.717, 1.165) is 45.1 Å². The Labute approximate surface area is 123 Å². The smallest absolute Gasteiger partial charge is 0.234 e. The summed E-state index contributed by atoms with van der Waals surface area (Å²) in [5, 5.41) is 3.24. The molecule has 1 amide bonds. The zero-order chi connectivity index (χ0) is 15.1. The molecule has 1 heterocycles. The van der Waals surface area contributed by atoms with Crippen molar-refractivity contribution in [2.45, 2.75) is 46.2 Å². The van der Waals surface area contributed by atoms with Gasteiger partial charge in [-0.1, -0.05) is 27.7 Å². The van der Waals surface area contributed by atoms with Gasteiger partial charge in [0, 0.05) is 45.3 Å². The molecule has 1 fully saturated rings. The van der Waals surface area contributed by atoms with Crippen molar-refractivity contribution in [2.24, 2.45) is 11.7 Å². The van der Waals surface area contributed by atoms with Crippen LogP contribution in [0.3, 0.4) is 0 Å². The second-order valence-corrected chi connectivity index (χ2v) is 6.60. The van der Waals surface area contributed by atoms with Gasteiger partial charge in [0.2, 0.25) is 5.91 Å². The number of nitrogens with two attached hydrogens (primary N) is 1. The van der Waals surface area contributed by atoms with E-state index in [1.165, 1.54) is 6.54 Å². The van der Waals surface area contributed by atoms with Crippen LogP contribution in [0.1, 0.15) is 34.1 Å². The Balaban J connectivity index is 2.27. The number of nitrogens with one attached hydrogen (secondary N) is 1. The second kappa shape index (κ2) is 8.60. The monoisotopic (exact) mass is 284 g/mol. The molecular weight excluding hydrogens is 252 g/mol. The number of nitrogens with zero attached hydrogens (tertiary/aromatic N) is 2. The highest BCUT2D eigenvalue weighted by Gasteiger charge is 2.20. The number of rotatable bonds is 8. The highest BCUT2D eigenvalue weighted by Crippen LogP contribution is 2.06. The Morgan fingerprint density at radius 1 is 1.10 bits per heavy atom. The van der Waals surface area contributed by atoms with E-state index in [9.17, 15) is 4.79 Å². The molecule has 0 radical (unpaired) electrons. The van der Waals surface area contributed by atoms with Crippen molar-refractivity contribution < 1.29 is 4.79 Å². The minimum absolute atomic E-state index is 0.205. The molecule has 1 aliphatic heterocycles. The van der Waals surface area contributed by atoms with E-state index in [0.29, 0.717) is 0 Å². The fourth-order valence-electron chi connectivity index (χ4n) is 2.73. The number of primary amides is 1. The molecule has 0 bridgehead atoms. The van der Waals surface area contributed by atoms with Crippen LogP contribution in [0.5, 0.6) is 0 Å². The summed E-state index contributed by atoms with van der Waals surface area (Å²) in [6, 6.07) is 0.0825. The molecule has 0 aromatic heterocycles. The first-order valence-corrected chi connectivity index (χ1v) is 7.88. The molecule has 0 aromatic rings. The first-order chi connectivity index (χ1) is 9.38. The molecule has 3 N–H and O–H groups in total. The maximum absolute atomic E-state index is 11.4. The van der Waals surface area contributed by atoms with E-state index in [1.54, 1.807) is 0 Å². The van der Waals surface area contributed by atoms with Crippen LogP contribution in [0.15, 0.2) is 0 Å². The maximum atomic E-state index is 11.4. The van der Waals surface area contributed by atoms with E-state index in [1.807, 2.05) is 13.8 Å². The van der Waals surface area contributed by atoms with Gasteiger partial charge in [-0.3, -0.25) is 4.79 Å². The standard InChI is InChI=1S/C15H32N4O/c1-12(2)11-19-9-7-18(8-10-19)6-5-14(15(16)20)17-13(3)4/h12-14,17H,5-11H2,1-4H3,(H2,16,20). The van der Waals surface area contributed by atoms with Gasteiger partial charge >= 0.3 is 0 Å². The molecule has 1 atom stereocenters. The number of amides is 1. The molecule has 1 aliphatic rings. The van der Waals surface area contributed by atoms with Crippen molar-refractivity contribution in [1.82, 2.24) is 15.1 Å². The van der Waals surface area contributed by atoms with Crippen LogP contribution < -0.4 is 11.1 Å².